The molecule has 0 fully saturated rings. The van der Waals surface area contributed by atoms with E-state index < -0.39 is 0 Å². The van der Waals surface area contributed by atoms with Gasteiger partial charge in [-0.25, -0.2) is 0 Å². The molecule has 3 rings (SSSR count). The molecule has 0 saturated heterocycles. The van der Waals surface area contributed by atoms with Crippen LogP contribution in [-0.2, 0) is 6.54 Å². The largest absolute Gasteiger partial charge is 0.494 e. The lowest BCUT2D eigenvalue weighted by Gasteiger charge is -2.10. The summed E-state index contributed by atoms with van der Waals surface area (Å²) in [6.45, 7) is 2.92. The van der Waals surface area contributed by atoms with Crippen LogP contribution in [0.15, 0.2) is 66.9 Å². The van der Waals surface area contributed by atoms with E-state index in [2.05, 4.69) is 15.6 Å². The Labute approximate surface area is 163 Å². The fourth-order valence-electron chi connectivity index (χ4n) is 2.51. The average Bonchev–Trinajstić information content (AvgIpc) is 2.69. The molecule has 0 spiro atoms. The topological polar surface area (TPSA) is 63.2 Å². The summed E-state index contributed by atoms with van der Waals surface area (Å²) in [5.41, 5.74) is 2.86. The van der Waals surface area contributed by atoms with E-state index in [9.17, 15) is 4.79 Å². The highest BCUT2D eigenvalue weighted by Gasteiger charge is 2.09. The summed E-state index contributed by atoms with van der Waals surface area (Å²) in [4.78, 5) is 16.5. The molecule has 0 atom stereocenters. The van der Waals surface area contributed by atoms with Crippen LogP contribution in [0.4, 0.5) is 11.4 Å². The van der Waals surface area contributed by atoms with Crippen molar-refractivity contribution in [3.05, 3.63) is 83.1 Å². The average molecular weight is 382 g/mol. The van der Waals surface area contributed by atoms with Gasteiger partial charge in [0.2, 0.25) is 0 Å². The number of aromatic nitrogens is 1. The number of nitrogens with zero attached hydrogens (tertiary/aromatic N) is 1. The molecule has 138 valence electrons. The molecule has 0 aliphatic carbocycles. The van der Waals surface area contributed by atoms with E-state index in [1.165, 1.54) is 0 Å². The van der Waals surface area contributed by atoms with Crippen LogP contribution in [0.1, 0.15) is 23.0 Å². The number of halogens is 1. The zero-order chi connectivity index (χ0) is 19.1. The third-order valence-corrected chi connectivity index (χ3v) is 4.21. The van der Waals surface area contributed by atoms with Gasteiger partial charge in [0.1, 0.15) is 11.4 Å². The highest BCUT2D eigenvalue weighted by molar-refractivity contribution is 6.31. The van der Waals surface area contributed by atoms with E-state index in [1.54, 1.807) is 24.4 Å². The quantitative estimate of drug-likeness (QED) is 0.616. The second kappa shape index (κ2) is 9.05. The van der Waals surface area contributed by atoms with E-state index in [4.69, 9.17) is 16.3 Å². The lowest BCUT2D eigenvalue weighted by atomic mass is 10.2. The summed E-state index contributed by atoms with van der Waals surface area (Å²) in [6, 6.07) is 18.5. The van der Waals surface area contributed by atoms with Gasteiger partial charge in [-0.1, -0.05) is 29.8 Å². The van der Waals surface area contributed by atoms with Crippen molar-refractivity contribution < 1.29 is 9.53 Å². The maximum atomic E-state index is 12.4. The van der Waals surface area contributed by atoms with Gasteiger partial charge in [0, 0.05) is 29.1 Å². The maximum Gasteiger partial charge on any atom is 0.270 e. The molecule has 2 aromatic carbocycles. The predicted molar refractivity (Wildman–Crippen MR) is 108 cm³/mol. The Bertz CT molecular complexity index is 913. The Hall–Kier alpha value is -3.05. The summed E-state index contributed by atoms with van der Waals surface area (Å²) in [7, 11) is 0. The number of carbonyl (C=O) groups is 1. The lowest BCUT2D eigenvalue weighted by molar-refractivity contribution is 0.0946. The Morgan fingerprint density at radius 2 is 1.85 bits per heavy atom. The number of carbonyl (C=O) groups excluding carboxylic acids is 1. The van der Waals surface area contributed by atoms with Gasteiger partial charge in [-0.15, -0.1) is 0 Å². The van der Waals surface area contributed by atoms with Gasteiger partial charge in [0.15, 0.2) is 0 Å². The number of amides is 1. The van der Waals surface area contributed by atoms with Gasteiger partial charge in [0.05, 0.1) is 6.61 Å². The zero-order valence-corrected chi connectivity index (χ0v) is 15.7. The molecule has 6 heteroatoms. The number of hydrogen-bond donors (Lipinski definition) is 2. The first kappa shape index (κ1) is 18.7. The SMILES string of the molecule is CCOc1ccc(Nc2ccnc(C(=O)NCc3ccccc3Cl)c2)cc1. The van der Waals surface area contributed by atoms with Crippen molar-refractivity contribution in [3.8, 4) is 5.75 Å². The third-order valence-electron chi connectivity index (χ3n) is 3.84. The summed E-state index contributed by atoms with van der Waals surface area (Å²) in [6.07, 6.45) is 1.60. The third kappa shape index (κ3) is 5.21. The van der Waals surface area contributed by atoms with Crippen LogP contribution in [0.25, 0.3) is 0 Å². The van der Waals surface area contributed by atoms with Crippen molar-refractivity contribution in [1.29, 1.82) is 0 Å². The van der Waals surface area contributed by atoms with Crippen LogP contribution in [-0.4, -0.2) is 17.5 Å². The van der Waals surface area contributed by atoms with Crippen LogP contribution in [0.2, 0.25) is 5.02 Å². The Balaban J connectivity index is 1.64. The number of anilines is 2. The van der Waals surface area contributed by atoms with Gasteiger partial charge in [-0.3, -0.25) is 9.78 Å². The second-order valence-electron chi connectivity index (χ2n) is 5.79. The minimum Gasteiger partial charge on any atom is -0.494 e. The molecule has 1 amide bonds. The van der Waals surface area contributed by atoms with Gasteiger partial charge < -0.3 is 15.4 Å². The molecule has 0 unspecified atom stereocenters. The fourth-order valence-corrected chi connectivity index (χ4v) is 2.71. The molecule has 1 heterocycles. The van der Waals surface area contributed by atoms with E-state index in [-0.39, 0.29) is 5.91 Å². The van der Waals surface area contributed by atoms with Crippen LogP contribution >= 0.6 is 11.6 Å². The molecule has 0 saturated carbocycles. The van der Waals surface area contributed by atoms with E-state index in [1.807, 2.05) is 49.4 Å². The lowest BCUT2D eigenvalue weighted by Crippen LogP contribution is -2.24. The van der Waals surface area contributed by atoms with Crippen molar-refractivity contribution >= 4 is 28.9 Å². The molecule has 0 radical (unpaired) electrons. The standard InChI is InChI=1S/C21H20ClN3O2/c1-2-27-18-9-7-16(8-10-18)25-17-11-12-23-20(13-17)21(26)24-14-15-5-3-4-6-19(15)22/h3-13H,2,14H2,1H3,(H,23,25)(H,24,26). The first-order valence-electron chi connectivity index (χ1n) is 8.63. The predicted octanol–water partition coefficient (Wildman–Crippen LogP) is 4.81. The molecule has 1 aromatic heterocycles. The zero-order valence-electron chi connectivity index (χ0n) is 14.9. The first-order chi connectivity index (χ1) is 13.2. The summed E-state index contributed by atoms with van der Waals surface area (Å²) in [5.74, 6) is 0.558. The molecule has 0 aliphatic heterocycles. The second-order valence-corrected chi connectivity index (χ2v) is 6.19. The molecule has 5 nitrogen and oxygen atoms in total. The number of pyridine rings is 1. The van der Waals surface area contributed by atoms with Crippen LogP contribution in [0.5, 0.6) is 5.75 Å². The van der Waals surface area contributed by atoms with E-state index in [0.29, 0.717) is 23.9 Å². The molecule has 0 bridgehead atoms. The Morgan fingerprint density at radius 1 is 1.07 bits per heavy atom. The highest BCUT2D eigenvalue weighted by Crippen LogP contribution is 2.20. The van der Waals surface area contributed by atoms with Crippen molar-refractivity contribution in [2.75, 3.05) is 11.9 Å². The smallest absolute Gasteiger partial charge is 0.270 e. The summed E-state index contributed by atoms with van der Waals surface area (Å²) in [5, 5.41) is 6.72. The molecule has 3 aromatic rings. The normalized spacial score (nSPS) is 10.3. The van der Waals surface area contributed by atoms with Crippen molar-refractivity contribution in [1.82, 2.24) is 10.3 Å². The molecular formula is C21H20ClN3O2. The molecule has 0 aliphatic rings. The maximum absolute atomic E-state index is 12.4. The summed E-state index contributed by atoms with van der Waals surface area (Å²) >= 11 is 6.11. The summed E-state index contributed by atoms with van der Waals surface area (Å²) < 4.78 is 5.43. The van der Waals surface area contributed by atoms with Gasteiger partial charge in [0.25, 0.3) is 5.91 Å². The van der Waals surface area contributed by atoms with Crippen molar-refractivity contribution in [2.24, 2.45) is 0 Å². The Morgan fingerprint density at radius 3 is 2.59 bits per heavy atom. The van der Waals surface area contributed by atoms with Crippen LogP contribution in [0.3, 0.4) is 0 Å². The number of nitrogens with one attached hydrogen (secondary N) is 2. The molecular weight excluding hydrogens is 362 g/mol. The van der Waals surface area contributed by atoms with Gasteiger partial charge in [-0.2, -0.15) is 0 Å². The number of ether oxygens (including phenoxy) is 1. The molecule has 27 heavy (non-hydrogen) atoms. The number of hydrogen-bond acceptors (Lipinski definition) is 4. The van der Waals surface area contributed by atoms with E-state index in [0.717, 1.165) is 22.7 Å². The van der Waals surface area contributed by atoms with Crippen LogP contribution in [0, 0.1) is 0 Å². The Kier molecular flexibility index (Phi) is 6.28. The van der Waals surface area contributed by atoms with Gasteiger partial charge >= 0.3 is 0 Å². The van der Waals surface area contributed by atoms with Crippen molar-refractivity contribution in [3.63, 3.8) is 0 Å². The highest BCUT2D eigenvalue weighted by atomic mass is 35.5. The minimum atomic E-state index is -0.259. The first-order valence-corrected chi connectivity index (χ1v) is 9.01. The number of rotatable bonds is 7. The fraction of sp³-hybridized carbons (Fsp3) is 0.143. The minimum absolute atomic E-state index is 0.259. The van der Waals surface area contributed by atoms with Crippen LogP contribution < -0.4 is 15.4 Å². The van der Waals surface area contributed by atoms with Gasteiger partial charge in [-0.05, 0) is 55.0 Å². The molecule has 2 N–H and O–H groups in total. The van der Waals surface area contributed by atoms with E-state index >= 15 is 0 Å². The van der Waals surface area contributed by atoms with Crippen molar-refractivity contribution in [2.45, 2.75) is 13.5 Å². The number of benzene rings is 2. The monoisotopic (exact) mass is 381 g/mol.